The van der Waals surface area contributed by atoms with Crippen LogP contribution in [0, 0.1) is 0 Å². The molecule has 0 radical (unpaired) electrons. The van der Waals surface area contributed by atoms with Crippen LogP contribution in [0.25, 0.3) is 0 Å². The molecule has 2 heteroatoms. The molecule has 2 nitrogen and oxygen atoms in total. The lowest BCUT2D eigenvalue weighted by atomic mass is 9.86. The van der Waals surface area contributed by atoms with Gasteiger partial charge in [-0.25, -0.2) is 0 Å². The van der Waals surface area contributed by atoms with E-state index < -0.39 is 6.10 Å². The summed E-state index contributed by atoms with van der Waals surface area (Å²) in [5.41, 5.74) is 4.90. The Bertz CT molecular complexity index is 625. The number of nitrogens with one attached hydrogen (secondary N) is 1. The number of aliphatic hydroxyl groups is 1. The van der Waals surface area contributed by atoms with Gasteiger partial charge < -0.3 is 10.4 Å². The van der Waals surface area contributed by atoms with Gasteiger partial charge >= 0.3 is 0 Å². The maximum atomic E-state index is 10.7. The molecular weight excluding hydrogens is 258 g/mol. The number of fused-ring (bicyclic) bond motifs is 1. The second-order valence-electron chi connectivity index (χ2n) is 6.87. The van der Waals surface area contributed by atoms with E-state index >= 15 is 0 Å². The van der Waals surface area contributed by atoms with Crippen LogP contribution in [0.2, 0.25) is 0 Å². The van der Waals surface area contributed by atoms with Crippen molar-refractivity contribution in [2.75, 3.05) is 0 Å². The average molecular weight is 281 g/mol. The van der Waals surface area contributed by atoms with Crippen LogP contribution in [0.1, 0.15) is 55.2 Å². The van der Waals surface area contributed by atoms with Gasteiger partial charge in [-0.1, -0.05) is 69.3 Å². The summed E-state index contributed by atoms with van der Waals surface area (Å²) in [6.45, 7) is 7.44. The van der Waals surface area contributed by atoms with Gasteiger partial charge in [0.2, 0.25) is 0 Å². The van der Waals surface area contributed by atoms with Crippen LogP contribution in [-0.2, 0) is 12.0 Å². The smallest absolute Gasteiger partial charge is 0.0984 e. The van der Waals surface area contributed by atoms with Crippen molar-refractivity contribution in [1.82, 2.24) is 5.32 Å². The van der Waals surface area contributed by atoms with Gasteiger partial charge in [-0.05, 0) is 27.7 Å². The van der Waals surface area contributed by atoms with Gasteiger partial charge in [-0.15, -0.1) is 0 Å². The van der Waals surface area contributed by atoms with Crippen molar-refractivity contribution >= 4 is 0 Å². The van der Waals surface area contributed by atoms with Gasteiger partial charge in [-0.2, -0.15) is 0 Å². The van der Waals surface area contributed by atoms with Crippen molar-refractivity contribution in [3.05, 3.63) is 70.8 Å². The molecule has 0 spiro atoms. The second kappa shape index (κ2) is 5.28. The van der Waals surface area contributed by atoms with E-state index in [0.717, 1.165) is 12.1 Å². The second-order valence-corrected chi connectivity index (χ2v) is 6.87. The summed E-state index contributed by atoms with van der Waals surface area (Å²) < 4.78 is 0. The Labute approximate surface area is 126 Å². The van der Waals surface area contributed by atoms with Crippen LogP contribution in [0.3, 0.4) is 0 Å². The fourth-order valence-corrected chi connectivity index (χ4v) is 2.98. The van der Waals surface area contributed by atoms with Gasteiger partial charge in [0.25, 0.3) is 0 Å². The zero-order valence-electron chi connectivity index (χ0n) is 12.9. The molecule has 2 N–H and O–H groups in total. The van der Waals surface area contributed by atoms with Crippen molar-refractivity contribution < 1.29 is 5.11 Å². The van der Waals surface area contributed by atoms with Crippen LogP contribution >= 0.6 is 0 Å². The van der Waals surface area contributed by atoms with E-state index in [0.29, 0.717) is 0 Å². The Morgan fingerprint density at radius 3 is 2.38 bits per heavy atom. The first kappa shape index (κ1) is 14.3. The third kappa shape index (κ3) is 2.74. The van der Waals surface area contributed by atoms with Crippen molar-refractivity contribution in [2.24, 2.45) is 0 Å². The molecule has 0 amide bonds. The van der Waals surface area contributed by atoms with Crippen LogP contribution in [-0.4, -0.2) is 5.11 Å². The first-order valence-electron chi connectivity index (χ1n) is 7.56. The minimum Gasteiger partial charge on any atom is -0.386 e. The lowest BCUT2D eigenvalue weighted by Crippen LogP contribution is -2.20. The molecule has 21 heavy (non-hydrogen) atoms. The van der Waals surface area contributed by atoms with Crippen molar-refractivity contribution in [2.45, 2.75) is 44.9 Å². The van der Waals surface area contributed by atoms with Gasteiger partial charge in [-0.3, -0.25) is 0 Å². The maximum absolute atomic E-state index is 10.7. The van der Waals surface area contributed by atoms with Crippen LogP contribution in [0.5, 0.6) is 0 Å². The molecule has 2 aromatic carbocycles. The lowest BCUT2D eigenvalue weighted by Gasteiger charge is -2.23. The lowest BCUT2D eigenvalue weighted by molar-refractivity contribution is 0.133. The highest BCUT2D eigenvalue weighted by molar-refractivity contribution is 5.37. The number of rotatable bonds is 2. The fraction of sp³-hybridized carbons (Fsp3) is 0.368. The fourth-order valence-electron chi connectivity index (χ4n) is 2.98. The third-order valence-corrected chi connectivity index (χ3v) is 4.34. The summed E-state index contributed by atoms with van der Waals surface area (Å²) in [5, 5.41) is 14.1. The Morgan fingerprint density at radius 2 is 1.71 bits per heavy atom. The van der Waals surface area contributed by atoms with Crippen LogP contribution in [0.15, 0.2) is 48.5 Å². The first-order valence-corrected chi connectivity index (χ1v) is 7.56. The number of hydrogen-bond acceptors (Lipinski definition) is 2. The molecular formula is C19H23NO. The van der Waals surface area contributed by atoms with Gasteiger partial charge in [0.05, 0.1) is 12.1 Å². The molecule has 110 valence electrons. The van der Waals surface area contributed by atoms with Crippen molar-refractivity contribution in [3.63, 3.8) is 0 Å². The SMILES string of the molecule is CC(C)(C)c1ccc(C(O)C2NCc3ccccc32)cc1. The summed E-state index contributed by atoms with van der Waals surface area (Å²) in [5.74, 6) is 0. The number of hydrogen-bond donors (Lipinski definition) is 2. The number of benzene rings is 2. The summed E-state index contributed by atoms with van der Waals surface area (Å²) in [7, 11) is 0. The molecule has 0 aromatic heterocycles. The minimum atomic E-state index is -0.511. The van der Waals surface area contributed by atoms with Gasteiger partial charge in [0.1, 0.15) is 0 Å². The Kier molecular flexibility index (Phi) is 3.60. The molecule has 2 aromatic rings. The van der Waals surface area contributed by atoms with E-state index in [1.807, 2.05) is 24.3 Å². The van der Waals surface area contributed by atoms with Crippen LogP contribution < -0.4 is 5.32 Å². The summed E-state index contributed by atoms with van der Waals surface area (Å²) >= 11 is 0. The normalized spacial score (nSPS) is 19.3. The predicted octanol–water partition coefficient (Wildman–Crippen LogP) is 3.86. The zero-order valence-corrected chi connectivity index (χ0v) is 12.9. The first-order chi connectivity index (χ1) is 9.97. The summed E-state index contributed by atoms with van der Waals surface area (Å²) in [6, 6.07) is 16.6. The largest absolute Gasteiger partial charge is 0.386 e. The average Bonchev–Trinajstić information content (AvgIpc) is 2.90. The number of aliphatic hydroxyl groups excluding tert-OH is 1. The van der Waals surface area contributed by atoms with Crippen molar-refractivity contribution in [1.29, 1.82) is 0 Å². The van der Waals surface area contributed by atoms with Gasteiger partial charge in [0.15, 0.2) is 0 Å². The molecule has 0 saturated carbocycles. The molecule has 0 bridgehead atoms. The molecule has 1 heterocycles. The van der Waals surface area contributed by atoms with E-state index in [-0.39, 0.29) is 11.5 Å². The minimum absolute atomic E-state index is 0.0123. The molecule has 0 saturated heterocycles. The standard InChI is InChI=1S/C19H23NO/c1-19(2,3)15-10-8-13(9-11-15)18(21)17-16-7-5-4-6-14(16)12-20-17/h4-11,17-18,20-21H,12H2,1-3H3. The maximum Gasteiger partial charge on any atom is 0.0984 e. The van der Waals surface area contributed by atoms with Crippen molar-refractivity contribution in [3.8, 4) is 0 Å². The topological polar surface area (TPSA) is 32.3 Å². The molecule has 0 fully saturated rings. The van der Waals surface area contributed by atoms with E-state index in [9.17, 15) is 5.11 Å². The summed E-state index contributed by atoms with van der Waals surface area (Å²) in [4.78, 5) is 0. The van der Waals surface area contributed by atoms with Crippen LogP contribution in [0.4, 0.5) is 0 Å². The third-order valence-electron chi connectivity index (χ3n) is 4.34. The monoisotopic (exact) mass is 281 g/mol. The highest BCUT2D eigenvalue weighted by atomic mass is 16.3. The molecule has 0 aliphatic carbocycles. The quantitative estimate of drug-likeness (QED) is 0.876. The highest BCUT2D eigenvalue weighted by Gasteiger charge is 2.28. The Morgan fingerprint density at radius 1 is 1.05 bits per heavy atom. The van der Waals surface area contributed by atoms with E-state index in [1.165, 1.54) is 16.7 Å². The summed E-state index contributed by atoms with van der Waals surface area (Å²) in [6.07, 6.45) is -0.511. The Hall–Kier alpha value is -1.64. The van der Waals surface area contributed by atoms with E-state index in [4.69, 9.17) is 0 Å². The highest BCUT2D eigenvalue weighted by Crippen LogP contribution is 2.35. The molecule has 1 aliphatic heterocycles. The predicted molar refractivity (Wildman–Crippen MR) is 86.1 cm³/mol. The molecule has 1 aliphatic rings. The van der Waals surface area contributed by atoms with Gasteiger partial charge in [0, 0.05) is 6.54 Å². The molecule has 3 rings (SSSR count). The zero-order chi connectivity index (χ0) is 15.0. The van der Waals surface area contributed by atoms with E-state index in [1.54, 1.807) is 0 Å². The molecule has 2 unspecified atom stereocenters. The molecule has 2 atom stereocenters. The van der Waals surface area contributed by atoms with E-state index in [2.05, 4.69) is 50.4 Å². The Balaban J connectivity index is 1.85.